The molecule has 0 unspecified atom stereocenters. The number of primary amides is 1. The van der Waals surface area contributed by atoms with Crippen molar-refractivity contribution in [1.29, 1.82) is 0 Å². The second-order valence-corrected chi connectivity index (χ2v) is 4.55. The summed E-state index contributed by atoms with van der Waals surface area (Å²) in [5.41, 5.74) is 10.3. The van der Waals surface area contributed by atoms with Gasteiger partial charge in [-0.25, -0.2) is 0 Å². The smallest absolute Gasteiger partial charge is 0.236 e. The number of carbonyl (C=O) groups is 2. The molecule has 0 aromatic heterocycles. The monoisotopic (exact) mass is 227 g/mol. The molecule has 1 fully saturated rings. The number of nitrogens with one attached hydrogen (secondary N) is 1. The molecule has 0 aliphatic heterocycles. The molecule has 0 heterocycles. The normalized spacial score (nSPS) is 19.8. The fraction of sp³-hybridized carbons (Fsp3) is 0.818. The molecule has 1 rings (SSSR count). The van der Waals surface area contributed by atoms with Crippen LogP contribution in [0.2, 0.25) is 0 Å². The van der Waals surface area contributed by atoms with Gasteiger partial charge >= 0.3 is 0 Å². The van der Waals surface area contributed by atoms with E-state index in [4.69, 9.17) is 11.5 Å². The number of carbonyl (C=O) groups excluding carboxylic acids is 2. The summed E-state index contributed by atoms with van der Waals surface area (Å²) in [6, 6.07) is 0. The molecule has 5 N–H and O–H groups in total. The van der Waals surface area contributed by atoms with Crippen molar-refractivity contribution in [2.45, 2.75) is 38.5 Å². The van der Waals surface area contributed by atoms with Gasteiger partial charge in [-0.1, -0.05) is 25.7 Å². The van der Waals surface area contributed by atoms with Crippen LogP contribution in [0.25, 0.3) is 0 Å². The fourth-order valence-corrected chi connectivity index (χ4v) is 2.28. The SMILES string of the molecule is NCC1(C(=O)NCC(N)=O)CCCCCC1. The summed E-state index contributed by atoms with van der Waals surface area (Å²) >= 11 is 0. The lowest BCUT2D eigenvalue weighted by Gasteiger charge is -2.29. The van der Waals surface area contributed by atoms with Crippen LogP contribution in [-0.2, 0) is 9.59 Å². The fourth-order valence-electron chi connectivity index (χ4n) is 2.28. The minimum Gasteiger partial charge on any atom is -0.368 e. The molecule has 0 radical (unpaired) electrons. The minimum atomic E-state index is -0.519. The third-order valence-corrected chi connectivity index (χ3v) is 3.36. The van der Waals surface area contributed by atoms with Crippen molar-refractivity contribution >= 4 is 11.8 Å². The lowest BCUT2D eigenvalue weighted by Crippen LogP contribution is -2.47. The Morgan fingerprint density at radius 1 is 1.12 bits per heavy atom. The van der Waals surface area contributed by atoms with E-state index in [1.54, 1.807) is 0 Å². The Bertz CT molecular complexity index is 258. The average molecular weight is 227 g/mol. The maximum Gasteiger partial charge on any atom is 0.236 e. The summed E-state index contributed by atoms with van der Waals surface area (Å²) in [5.74, 6) is -0.634. The quantitative estimate of drug-likeness (QED) is 0.584. The van der Waals surface area contributed by atoms with Crippen LogP contribution in [0.4, 0.5) is 0 Å². The minimum absolute atomic E-state index is 0.0966. The van der Waals surface area contributed by atoms with Crippen LogP contribution >= 0.6 is 0 Å². The highest BCUT2D eigenvalue weighted by molar-refractivity contribution is 5.87. The van der Waals surface area contributed by atoms with E-state index in [1.165, 1.54) is 0 Å². The molecule has 92 valence electrons. The number of hydrogen-bond donors (Lipinski definition) is 3. The van der Waals surface area contributed by atoms with Crippen LogP contribution in [0.5, 0.6) is 0 Å². The zero-order valence-electron chi connectivity index (χ0n) is 9.63. The highest BCUT2D eigenvalue weighted by atomic mass is 16.2. The second kappa shape index (κ2) is 5.84. The van der Waals surface area contributed by atoms with Crippen LogP contribution in [0, 0.1) is 5.41 Å². The summed E-state index contributed by atoms with van der Waals surface area (Å²) < 4.78 is 0. The Morgan fingerprint density at radius 3 is 2.12 bits per heavy atom. The van der Waals surface area contributed by atoms with E-state index in [2.05, 4.69) is 5.32 Å². The van der Waals surface area contributed by atoms with Gasteiger partial charge in [-0.2, -0.15) is 0 Å². The number of rotatable bonds is 4. The van der Waals surface area contributed by atoms with Gasteiger partial charge in [0.15, 0.2) is 0 Å². The first kappa shape index (κ1) is 13.0. The largest absolute Gasteiger partial charge is 0.368 e. The molecule has 0 bridgehead atoms. The third kappa shape index (κ3) is 3.20. The van der Waals surface area contributed by atoms with Gasteiger partial charge in [-0.3, -0.25) is 9.59 Å². The van der Waals surface area contributed by atoms with Gasteiger partial charge in [-0.05, 0) is 12.8 Å². The molecule has 0 spiro atoms. The molecular weight excluding hydrogens is 206 g/mol. The van der Waals surface area contributed by atoms with E-state index in [9.17, 15) is 9.59 Å². The van der Waals surface area contributed by atoms with Crippen molar-refractivity contribution in [2.24, 2.45) is 16.9 Å². The maximum atomic E-state index is 12.0. The van der Waals surface area contributed by atoms with Gasteiger partial charge in [0.25, 0.3) is 0 Å². The molecule has 1 aliphatic carbocycles. The zero-order chi connectivity index (χ0) is 12.0. The molecule has 1 saturated carbocycles. The maximum absolute atomic E-state index is 12.0. The first-order valence-corrected chi connectivity index (χ1v) is 5.87. The van der Waals surface area contributed by atoms with Crippen molar-refractivity contribution in [2.75, 3.05) is 13.1 Å². The van der Waals surface area contributed by atoms with E-state index in [0.29, 0.717) is 6.54 Å². The van der Waals surface area contributed by atoms with Crippen molar-refractivity contribution in [3.63, 3.8) is 0 Å². The predicted molar refractivity (Wildman–Crippen MR) is 61.4 cm³/mol. The van der Waals surface area contributed by atoms with Gasteiger partial charge in [0, 0.05) is 6.54 Å². The molecule has 1 aliphatic rings. The van der Waals surface area contributed by atoms with Gasteiger partial charge in [0.1, 0.15) is 0 Å². The highest BCUT2D eigenvalue weighted by Gasteiger charge is 2.36. The van der Waals surface area contributed by atoms with Gasteiger partial charge in [0.05, 0.1) is 12.0 Å². The highest BCUT2D eigenvalue weighted by Crippen LogP contribution is 2.34. The molecule has 16 heavy (non-hydrogen) atoms. The van der Waals surface area contributed by atoms with Crippen molar-refractivity contribution < 1.29 is 9.59 Å². The Labute approximate surface area is 95.9 Å². The van der Waals surface area contributed by atoms with E-state index >= 15 is 0 Å². The Balaban J connectivity index is 2.61. The average Bonchev–Trinajstić information content (AvgIpc) is 2.51. The third-order valence-electron chi connectivity index (χ3n) is 3.36. The van der Waals surface area contributed by atoms with Crippen LogP contribution in [0.1, 0.15) is 38.5 Å². The first-order valence-electron chi connectivity index (χ1n) is 5.87. The van der Waals surface area contributed by atoms with Crippen LogP contribution in [-0.4, -0.2) is 24.9 Å². The molecule has 5 nitrogen and oxygen atoms in total. The Morgan fingerprint density at radius 2 is 1.69 bits per heavy atom. The molecule has 5 heteroatoms. The summed E-state index contributed by atoms with van der Waals surface area (Å²) in [6.45, 7) is 0.248. The van der Waals surface area contributed by atoms with Crippen LogP contribution in [0.15, 0.2) is 0 Å². The molecule has 0 atom stereocenters. The van der Waals surface area contributed by atoms with E-state index in [-0.39, 0.29) is 12.5 Å². The predicted octanol–water partition coefficient (Wildman–Crippen LogP) is -0.113. The van der Waals surface area contributed by atoms with Crippen LogP contribution < -0.4 is 16.8 Å². The summed E-state index contributed by atoms with van der Waals surface area (Å²) in [4.78, 5) is 22.6. The summed E-state index contributed by atoms with van der Waals surface area (Å²) in [6.07, 6.45) is 6.00. The Hall–Kier alpha value is -1.10. The van der Waals surface area contributed by atoms with E-state index in [1.807, 2.05) is 0 Å². The number of hydrogen-bond acceptors (Lipinski definition) is 3. The van der Waals surface area contributed by atoms with Crippen molar-refractivity contribution in [1.82, 2.24) is 5.32 Å². The molecular formula is C11H21N3O2. The molecule has 0 aromatic rings. The molecule has 0 saturated heterocycles. The lowest BCUT2D eigenvalue weighted by molar-refractivity contribution is -0.133. The standard InChI is InChI=1S/C11H21N3O2/c12-8-11(5-3-1-2-4-6-11)10(16)14-7-9(13)15/h1-8,12H2,(H2,13,15)(H,14,16). The molecule has 0 aromatic carbocycles. The van der Waals surface area contributed by atoms with Crippen LogP contribution in [0.3, 0.4) is 0 Å². The van der Waals surface area contributed by atoms with Crippen molar-refractivity contribution in [3.8, 4) is 0 Å². The van der Waals surface area contributed by atoms with E-state index < -0.39 is 11.3 Å². The Kier molecular flexibility index (Phi) is 4.73. The summed E-state index contributed by atoms with van der Waals surface area (Å²) in [5, 5.41) is 2.58. The summed E-state index contributed by atoms with van der Waals surface area (Å²) in [7, 11) is 0. The lowest BCUT2D eigenvalue weighted by atomic mass is 9.79. The van der Waals surface area contributed by atoms with Crippen molar-refractivity contribution in [3.05, 3.63) is 0 Å². The van der Waals surface area contributed by atoms with E-state index in [0.717, 1.165) is 38.5 Å². The van der Waals surface area contributed by atoms with Gasteiger partial charge in [-0.15, -0.1) is 0 Å². The topological polar surface area (TPSA) is 98.2 Å². The van der Waals surface area contributed by atoms with Gasteiger partial charge in [0.2, 0.25) is 11.8 Å². The number of nitrogens with two attached hydrogens (primary N) is 2. The second-order valence-electron chi connectivity index (χ2n) is 4.55. The molecule has 2 amide bonds. The number of amides is 2. The first-order chi connectivity index (χ1) is 7.60. The zero-order valence-corrected chi connectivity index (χ0v) is 9.63. The van der Waals surface area contributed by atoms with Gasteiger partial charge < -0.3 is 16.8 Å².